The molecule has 0 saturated carbocycles. The number of aliphatic hydroxyl groups excluding tert-OH is 1. The highest BCUT2D eigenvalue weighted by atomic mass is 35.5. The van der Waals surface area contributed by atoms with Gasteiger partial charge in [0.25, 0.3) is 5.69 Å². The molecule has 0 saturated heterocycles. The molecule has 0 heterocycles. The summed E-state index contributed by atoms with van der Waals surface area (Å²) < 4.78 is 26.4. The van der Waals surface area contributed by atoms with Gasteiger partial charge in [-0.05, 0) is 26.3 Å². The van der Waals surface area contributed by atoms with Gasteiger partial charge in [-0.1, -0.05) is 11.6 Å². The molecular formula is C12H17ClN2O5S. The van der Waals surface area contributed by atoms with Crippen molar-refractivity contribution in [3.05, 3.63) is 33.3 Å². The fourth-order valence-corrected chi connectivity index (χ4v) is 3.98. The van der Waals surface area contributed by atoms with Crippen LogP contribution < -0.4 is 0 Å². The maximum Gasteiger partial charge on any atom is 0.270 e. The first-order valence-electron chi connectivity index (χ1n) is 6.28. The molecule has 0 radical (unpaired) electrons. The Kier molecular flexibility index (Phi) is 6.09. The van der Waals surface area contributed by atoms with Crippen LogP contribution in [0.2, 0.25) is 5.02 Å². The highest BCUT2D eigenvalue weighted by molar-refractivity contribution is 7.89. The molecule has 0 bridgehead atoms. The van der Waals surface area contributed by atoms with Crippen molar-refractivity contribution in [1.29, 1.82) is 0 Å². The average molecular weight is 337 g/mol. The molecule has 9 heteroatoms. The van der Waals surface area contributed by atoms with Gasteiger partial charge >= 0.3 is 0 Å². The fourth-order valence-electron chi connectivity index (χ4n) is 1.81. The minimum absolute atomic E-state index is 0.0738. The lowest BCUT2D eigenvalue weighted by molar-refractivity contribution is -0.385. The zero-order valence-electron chi connectivity index (χ0n) is 11.7. The summed E-state index contributed by atoms with van der Waals surface area (Å²) in [4.78, 5) is 9.81. The van der Waals surface area contributed by atoms with Crippen molar-refractivity contribution >= 4 is 27.3 Å². The van der Waals surface area contributed by atoms with Gasteiger partial charge in [-0.3, -0.25) is 10.1 Å². The number of hydrogen-bond donors (Lipinski definition) is 1. The standard InChI is InChI=1S/C12H17ClN2O5S/c1-9(2)14(6-3-7-16)21(19,20)12-8-10(15(17)18)4-5-11(12)13/h4-5,8-9,16H,3,6-7H2,1-2H3. The second kappa shape index (κ2) is 7.17. The fraction of sp³-hybridized carbons (Fsp3) is 0.500. The number of benzene rings is 1. The van der Waals surface area contributed by atoms with E-state index in [1.165, 1.54) is 6.07 Å². The lowest BCUT2D eigenvalue weighted by Gasteiger charge is -2.26. The first kappa shape index (κ1) is 17.8. The summed E-state index contributed by atoms with van der Waals surface area (Å²) in [6, 6.07) is 2.93. The van der Waals surface area contributed by atoms with Crippen LogP contribution in [-0.4, -0.2) is 41.9 Å². The molecule has 0 spiro atoms. The van der Waals surface area contributed by atoms with Crippen molar-refractivity contribution in [1.82, 2.24) is 4.31 Å². The van der Waals surface area contributed by atoms with Crippen molar-refractivity contribution in [3.63, 3.8) is 0 Å². The van der Waals surface area contributed by atoms with Crippen LogP contribution in [0.3, 0.4) is 0 Å². The number of nitro benzene ring substituents is 1. The van der Waals surface area contributed by atoms with Gasteiger partial charge in [0.15, 0.2) is 0 Å². The number of non-ortho nitro benzene ring substituents is 1. The Hall–Kier alpha value is -1.22. The molecule has 1 aromatic rings. The van der Waals surface area contributed by atoms with Crippen LogP contribution in [0.4, 0.5) is 5.69 Å². The quantitative estimate of drug-likeness (QED) is 0.606. The molecule has 0 atom stereocenters. The molecule has 0 unspecified atom stereocenters. The molecular weight excluding hydrogens is 320 g/mol. The number of halogens is 1. The largest absolute Gasteiger partial charge is 0.396 e. The van der Waals surface area contributed by atoms with Crippen LogP contribution in [0.25, 0.3) is 0 Å². The second-order valence-corrected chi connectivity index (χ2v) is 6.92. The third-order valence-corrected chi connectivity index (χ3v) is 5.38. The Morgan fingerprint density at radius 2 is 2.05 bits per heavy atom. The van der Waals surface area contributed by atoms with Crippen molar-refractivity contribution < 1.29 is 18.4 Å². The molecule has 0 aliphatic heterocycles. The van der Waals surface area contributed by atoms with Crippen LogP contribution in [0.15, 0.2) is 23.1 Å². The third-order valence-electron chi connectivity index (χ3n) is 2.82. The van der Waals surface area contributed by atoms with Gasteiger partial charge in [0.1, 0.15) is 4.90 Å². The average Bonchev–Trinajstić information content (AvgIpc) is 2.38. The van der Waals surface area contributed by atoms with Crippen molar-refractivity contribution in [2.45, 2.75) is 31.2 Å². The number of aliphatic hydroxyl groups is 1. The predicted octanol–water partition coefficient (Wildman–Crippen LogP) is 2.03. The minimum Gasteiger partial charge on any atom is -0.396 e. The van der Waals surface area contributed by atoms with Crippen LogP contribution in [0.1, 0.15) is 20.3 Å². The van der Waals surface area contributed by atoms with Gasteiger partial charge in [-0.2, -0.15) is 4.31 Å². The topological polar surface area (TPSA) is 101 Å². The molecule has 7 nitrogen and oxygen atoms in total. The molecule has 0 aliphatic rings. The van der Waals surface area contributed by atoms with Crippen LogP contribution in [0, 0.1) is 10.1 Å². The normalized spacial score (nSPS) is 12.1. The van der Waals surface area contributed by atoms with Crippen molar-refractivity contribution in [2.75, 3.05) is 13.2 Å². The van der Waals surface area contributed by atoms with E-state index in [-0.39, 0.29) is 41.2 Å². The van der Waals surface area contributed by atoms with Crippen LogP contribution in [-0.2, 0) is 10.0 Å². The Morgan fingerprint density at radius 3 is 2.52 bits per heavy atom. The van der Waals surface area contributed by atoms with E-state index in [0.29, 0.717) is 0 Å². The third kappa shape index (κ3) is 4.13. The molecule has 0 fully saturated rings. The van der Waals surface area contributed by atoms with E-state index in [1.54, 1.807) is 13.8 Å². The van der Waals surface area contributed by atoms with Gasteiger partial charge in [0, 0.05) is 31.3 Å². The predicted molar refractivity (Wildman–Crippen MR) is 78.8 cm³/mol. The Labute approximate surface area is 128 Å². The molecule has 118 valence electrons. The summed E-state index contributed by atoms with van der Waals surface area (Å²) in [7, 11) is -3.97. The van der Waals surface area contributed by atoms with Gasteiger partial charge < -0.3 is 5.11 Å². The molecule has 1 rings (SSSR count). The second-order valence-electron chi connectivity index (χ2n) is 4.66. The van der Waals surface area contributed by atoms with E-state index >= 15 is 0 Å². The summed E-state index contributed by atoms with van der Waals surface area (Å²) >= 11 is 5.89. The zero-order chi connectivity index (χ0) is 16.2. The zero-order valence-corrected chi connectivity index (χ0v) is 13.3. The van der Waals surface area contributed by atoms with Gasteiger partial charge in [0.2, 0.25) is 10.0 Å². The number of rotatable bonds is 7. The molecule has 1 N–H and O–H groups in total. The Balaban J connectivity index is 3.33. The first-order valence-corrected chi connectivity index (χ1v) is 8.10. The van der Waals surface area contributed by atoms with E-state index in [2.05, 4.69) is 0 Å². The molecule has 0 amide bonds. The monoisotopic (exact) mass is 336 g/mol. The summed E-state index contributed by atoms with van der Waals surface area (Å²) in [5.41, 5.74) is -0.344. The van der Waals surface area contributed by atoms with Crippen molar-refractivity contribution in [3.8, 4) is 0 Å². The summed E-state index contributed by atoms with van der Waals surface area (Å²) in [5, 5.41) is 19.6. The Morgan fingerprint density at radius 1 is 1.43 bits per heavy atom. The van der Waals surface area contributed by atoms with Crippen molar-refractivity contribution in [2.24, 2.45) is 0 Å². The van der Waals surface area contributed by atoms with Gasteiger partial charge in [0.05, 0.1) is 9.95 Å². The first-order chi connectivity index (χ1) is 9.71. The molecule has 0 aliphatic carbocycles. The van der Waals surface area contributed by atoms with E-state index < -0.39 is 14.9 Å². The number of nitrogens with zero attached hydrogens (tertiary/aromatic N) is 2. The van der Waals surface area contributed by atoms with Gasteiger partial charge in [-0.15, -0.1) is 0 Å². The van der Waals surface area contributed by atoms with E-state index in [4.69, 9.17) is 16.7 Å². The van der Waals surface area contributed by atoms with E-state index in [1.807, 2.05) is 0 Å². The lowest BCUT2D eigenvalue weighted by atomic mass is 10.3. The van der Waals surface area contributed by atoms with Crippen LogP contribution >= 0.6 is 11.6 Å². The summed E-state index contributed by atoms with van der Waals surface area (Å²) in [6.45, 7) is 3.32. The maximum atomic E-state index is 12.6. The molecule has 1 aromatic carbocycles. The van der Waals surface area contributed by atoms with E-state index in [0.717, 1.165) is 16.4 Å². The number of hydrogen-bond acceptors (Lipinski definition) is 5. The van der Waals surface area contributed by atoms with Crippen LogP contribution in [0.5, 0.6) is 0 Å². The SMILES string of the molecule is CC(C)N(CCCO)S(=O)(=O)c1cc([N+](=O)[O-])ccc1Cl. The minimum atomic E-state index is -3.97. The number of sulfonamides is 1. The number of nitro groups is 1. The molecule has 0 aromatic heterocycles. The van der Waals surface area contributed by atoms with E-state index in [9.17, 15) is 18.5 Å². The lowest BCUT2D eigenvalue weighted by Crippen LogP contribution is -2.38. The van der Waals surface area contributed by atoms with Gasteiger partial charge in [-0.25, -0.2) is 8.42 Å². The highest BCUT2D eigenvalue weighted by Gasteiger charge is 2.30. The smallest absolute Gasteiger partial charge is 0.270 e. The summed E-state index contributed by atoms with van der Waals surface area (Å²) in [6.07, 6.45) is 0.268. The highest BCUT2D eigenvalue weighted by Crippen LogP contribution is 2.29. The maximum absolute atomic E-state index is 12.6. The summed E-state index contributed by atoms with van der Waals surface area (Å²) in [5.74, 6) is 0. The molecule has 21 heavy (non-hydrogen) atoms. The Bertz CT molecular complexity index is 618.